The summed E-state index contributed by atoms with van der Waals surface area (Å²) in [4.78, 5) is 11.8. The quantitative estimate of drug-likeness (QED) is 0.845. The predicted molar refractivity (Wildman–Crippen MR) is 80.0 cm³/mol. The van der Waals surface area contributed by atoms with Gasteiger partial charge in [-0.2, -0.15) is 0 Å². The third kappa shape index (κ3) is 3.35. The van der Waals surface area contributed by atoms with E-state index >= 15 is 0 Å². The van der Waals surface area contributed by atoms with Crippen molar-refractivity contribution in [3.8, 4) is 0 Å². The van der Waals surface area contributed by atoms with E-state index in [2.05, 4.69) is 41.3 Å². The van der Waals surface area contributed by atoms with Gasteiger partial charge < -0.3 is 15.5 Å². The van der Waals surface area contributed by atoms with E-state index in [0.29, 0.717) is 0 Å². The van der Waals surface area contributed by atoms with Crippen molar-refractivity contribution in [3.63, 3.8) is 0 Å². The van der Waals surface area contributed by atoms with E-state index < -0.39 is 0 Å². The highest BCUT2D eigenvalue weighted by atomic mass is 15.2. The summed E-state index contributed by atoms with van der Waals surface area (Å²) in [6, 6.07) is 0. The third-order valence-corrected chi connectivity index (χ3v) is 3.40. The van der Waals surface area contributed by atoms with Gasteiger partial charge in [0.1, 0.15) is 17.5 Å². The number of hydrogen-bond donors (Lipinski definition) is 2. The highest BCUT2D eigenvalue weighted by Gasteiger charge is 2.18. The van der Waals surface area contributed by atoms with Crippen LogP contribution in [0.3, 0.4) is 0 Å². The van der Waals surface area contributed by atoms with Crippen molar-refractivity contribution in [2.75, 3.05) is 42.9 Å². The molecule has 2 heterocycles. The zero-order valence-electron chi connectivity index (χ0n) is 12.3. The van der Waals surface area contributed by atoms with E-state index in [0.717, 1.165) is 63.0 Å². The van der Waals surface area contributed by atoms with Gasteiger partial charge in [-0.3, -0.25) is 0 Å². The number of aryl methyl sites for hydroxylation is 1. The molecule has 19 heavy (non-hydrogen) atoms. The number of anilines is 2. The number of nitrogens with zero attached hydrogens (tertiary/aromatic N) is 3. The number of nitrogens with one attached hydrogen (secondary N) is 2. The lowest BCUT2D eigenvalue weighted by molar-refractivity contribution is 0.582. The van der Waals surface area contributed by atoms with E-state index in [1.807, 2.05) is 0 Å². The van der Waals surface area contributed by atoms with Crippen LogP contribution in [0.4, 0.5) is 11.6 Å². The summed E-state index contributed by atoms with van der Waals surface area (Å²) >= 11 is 0. The smallest absolute Gasteiger partial charge is 0.137 e. The predicted octanol–water partition coefficient (Wildman–Crippen LogP) is 1.58. The largest absolute Gasteiger partial charge is 0.370 e. The van der Waals surface area contributed by atoms with Crippen molar-refractivity contribution in [1.82, 2.24) is 15.3 Å². The first-order chi connectivity index (χ1) is 9.26. The van der Waals surface area contributed by atoms with E-state index in [1.54, 1.807) is 0 Å². The first-order valence-corrected chi connectivity index (χ1v) is 7.33. The molecule has 0 radical (unpaired) electrons. The molecule has 2 rings (SSSR count). The number of hydrogen-bond acceptors (Lipinski definition) is 5. The molecule has 5 nitrogen and oxygen atoms in total. The number of piperazine rings is 1. The summed E-state index contributed by atoms with van der Waals surface area (Å²) in [5.74, 6) is 3.06. The Morgan fingerprint density at radius 2 is 1.95 bits per heavy atom. The summed E-state index contributed by atoms with van der Waals surface area (Å²) in [6.45, 7) is 11.4. The Morgan fingerprint density at radius 1 is 1.21 bits per heavy atom. The van der Waals surface area contributed by atoms with Gasteiger partial charge in [-0.25, -0.2) is 9.97 Å². The van der Waals surface area contributed by atoms with Crippen LogP contribution in [0.25, 0.3) is 0 Å². The van der Waals surface area contributed by atoms with Crippen LogP contribution in [-0.2, 0) is 6.42 Å². The summed E-state index contributed by atoms with van der Waals surface area (Å²) in [5.41, 5.74) is 1.17. The Hall–Kier alpha value is -1.36. The lowest BCUT2D eigenvalue weighted by Crippen LogP contribution is -2.44. The fraction of sp³-hybridized carbons (Fsp3) is 0.714. The highest BCUT2D eigenvalue weighted by molar-refractivity contribution is 5.59. The molecule has 5 heteroatoms. The zero-order valence-corrected chi connectivity index (χ0v) is 12.3. The Morgan fingerprint density at radius 3 is 2.58 bits per heavy atom. The molecular formula is C14H25N5. The SMILES string of the molecule is CCCc1nc(NCC)c(C)c(N2CCNCC2)n1. The fourth-order valence-corrected chi connectivity index (χ4v) is 2.41. The Bertz CT molecular complexity index is 413. The topological polar surface area (TPSA) is 53.1 Å². The summed E-state index contributed by atoms with van der Waals surface area (Å²) < 4.78 is 0. The minimum Gasteiger partial charge on any atom is -0.370 e. The molecule has 0 amide bonds. The van der Waals surface area contributed by atoms with E-state index in [1.165, 1.54) is 5.56 Å². The lowest BCUT2D eigenvalue weighted by Gasteiger charge is -2.30. The van der Waals surface area contributed by atoms with Gasteiger partial charge >= 0.3 is 0 Å². The Labute approximate surface area is 115 Å². The minimum absolute atomic E-state index is 0.893. The molecule has 1 aromatic rings. The van der Waals surface area contributed by atoms with Crippen LogP contribution >= 0.6 is 0 Å². The van der Waals surface area contributed by atoms with Crippen LogP contribution in [0.2, 0.25) is 0 Å². The highest BCUT2D eigenvalue weighted by Crippen LogP contribution is 2.24. The van der Waals surface area contributed by atoms with Gasteiger partial charge in [0.15, 0.2) is 0 Å². The maximum Gasteiger partial charge on any atom is 0.137 e. The molecule has 1 saturated heterocycles. The van der Waals surface area contributed by atoms with E-state index in [4.69, 9.17) is 4.98 Å². The van der Waals surface area contributed by atoms with Crippen LogP contribution in [0.5, 0.6) is 0 Å². The molecular weight excluding hydrogens is 238 g/mol. The zero-order chi connectivity index (χ0) is 13.7. The molecule has 1 fully saturated rings. The monoisotopic (exact) mass is 263 g/mol. The molecule has 106 valence electrons. The molecule has 0 aromatic carbocycles. The van der Waals surface area contributed by atoms with Gasteiger partial charge in [0.05, 0.1) is 0 Å². The molecule has 0 atom stereocenters. The molecule has 1 aromatic heterocycles. The standard InChI is InChI=1S/C14H25N5/c1-4-6-12-17-13(16-5-2)11(3)14(18-12)19-9-7-15-8-10-19/h15H,4-10H2,1-3H3,(H,16,17,18). The van der Waals surface area contributed by atoms with Crippen LogP contribution in [0, 0.1) is 6.92 Å². The Balaban J connectivity index is 2.32. The summed E-state index contributed by atoms with van der Waals surface area (Å²) in [6.07, 6.45) is 2.02. The molecule has 0 spiro atoms. The van der Waals surface area contributed by atoms with Crippen LogP contribution in [0.15, 0.2) is 0 Å². The van der Waals surface area contributed by atoms with Gasteiger partial charge in [0.25, 0.3) is 0 Å². The van der Waals surface area contributed by atoms with Gasteiger partial charge in [0, 0.05) is 44.7 Å². The fourth-order valence-electron chi connectivity index (χ4n) is 2.41. The average molecular weight is 263 g/mol. The van der Waals surface area contributed by atoms with E-state index in [-0.39, 0.29) is 0 Å². The molecule has 0 aliphatic carbocycles. The second-order valence-electron chi connectivity index (χ2n) is 4.95. The first kappa shape index (κ1) is 14.1. The molecule has 0 unspecified atom stereocenters. The molecule has 1 aliphatic heterocycles. The van der Waals surface area contributed by atoms with Crippen molar-refractivity contribution >= 4 is 11.6 Å². The molecule has 1 aliphatic rings. The lowest BCUT2D eigenvalue weighted by atomic mass is 10.2. The van der Waals surface area contributed by atoms with Crippen LogP contribution < -0.4 is 15.5 Å². The second-order valence-corrected chi connectivity index (χ2v) is 4.95. The third-order valence-electron chi connectivity index (χ3n) is 3.40. The molecule has 0 saturated carbocycles. The first-order valence-electron chi connectivity index (χ1n) is 7.33. The maximum atomic E-state index is 4.78. The normalized spacial score (nSPS) is 15.6. The van der Waals surface area contributed by atoms with Gasteiger partial charge in [0.2, 0.25) is 0 Å². The molecule has 2 N–H and O–H groups in total. The van der Waals surface area contributed by atoms with Crippen molar-refractivity contribution in [3.05, 3.63) is 11.4 Å². The van der Waals surface area contributed by atoms with Crippen LogP contribution in [-0.4, -0.2) is 42.7 Å². The number of rotatable bonds is 5. The van der Waals surface area contributed by atoms with Crippen molar-refractivity contribution in [2.45, 2.75) is 33.6 Å². The van der Waals surface area contributed by atoms with E-state index in [9.17, 15) is 0 Å². The second kappa shape index (κ2) is 6.70. The van der Waals surface area contributed by atoms with Crippen molar-refractivity contribution < 1.29 is 0 Å². The van der Waals surface area contributed by atoms with Crippen LogP contribution in [0.1, 0.15) is 31.7 Å². The molecule has 0 bridgehead atoms. The van der Waals surface area contributed by atoms with Crippen molar-refractivity contribution in [1.29, 1.82) is 0 Å². The summed E-state index contributed by atoms with van der Waals surface area (Å²) in [5, 5.41) is 6.74. The minimum atomic E-state index is 0.893. The summed E-state index contributed by atoms with van der Waals surface area (Å²) in [7, 11) is 0. The van der Waals surface area contributed by atoms with Gasteiger partial charge in [-0.05, 0) is 20.3 Å². The average Bonchev–Trinajstić information content (AvgIpc) is 2.44. The maximum absolute atomic E-state index is 4.78. The number of aromatic nitrogens is 2. The van der Waals surface area contributed by atoms with Crippen molar-refractivity contribution in [2.24, 2.45) is 0 Å². The Kier molecular flexibility index (Phi) is 4.96. The van der Waals surface area contributed by atoms with Gasteiger partial charge in [-0.1, -0.05) is 6.92 Å². The van der Waals surface area contributed by atoms with Gasteiger partial charge in [-0.15, -0.1) is 0 Å².